The predicted octanol–water partition coefficient (Wildman–Crippen LogP) is 3.62. The maximum atomic E-state index is 9.46. The van der Waals surface area contributed by atoms with Gasteiger partial charge in [0.15, 0.2) is 0 Å². The Labute approximate surface area is 111 Å². The first-order valence-electron chi connectivity index (χ1n) is 5.98. The lowest BCUT2D eigenvalue weighted by Crippen LogP contribution is -1.86. The second-order valence-electron chi connectivity index (χ2n) is 4.36. The highest BCUT2D eigenvalue weighted by Gasteiger charge is 2.02. The van der Waals surface area contributed by atoms with E-state index in [0.29, 0.717) is 0 Å². The molecule has 19 heavy (non-hydrogen) atoms. The fourth-order valence-corrected chi connectivity index (χ4v) is 2.10. The van der Waals surface area contributed by atoms with Gasteiger partial charge in [0.25, 0.3) is 0 Å². The summed E-state index contributed by atoms with van der Waals surface area (Å²) in [4.78, 5) is 4.16. The molecule has 0 fully saturated rings. The standard InChI is InChI=1S/C16H13NO2/c1-19-16-8-14(9-17-10-16)12-2-3-13-7-15(18)5-4-11(13)6-12/h2-10,18H,1H3. The number of benzene rings is 2. The summed E-state index contributed by atoms with van der Waals surface area (Å²) in [6.07, 6.45) is 3.49. The third-order valence-corrected chi connectivity index (χ3v) is 3.11. The van der Waals surface area contributed by atoms with Gasteiger partial charge in [0.2, 0.25) is 0 Å². The van der Waals surface area contributed by atoms with Crippen LogP contribution >= 0.6 is 0 Å². The van der Waals surface area contributed by atoms with Crippen LogP contribution in [0, 0.1) is 0 Å². The molecule has 0 amide bonds. The van der Waals surface area contributed by atoms with E-state index >= 15 is 0 Å². The Morgan fingerprint density at radius 3 is 2.53 bits per heavy atom. The van der Waals surface area contributed by atoms with Gasteiger partial charge in [-0.3, -0.25) is 4.98 Å². The molecule has 3 heteroatoms. The second-order valence-corrected chi connectivity index (χ2v) is 4.36. The smallest absolute Gasteiger partial charge is 0.137 e. The molecule has 1 heterocycles. The average Bonchev–Trinajstić information content (AvgIpc) is 2.46. The Balaban J connectivity index is 2.12. The zero-order valence-electron chi connectivity index (χ0n) is 10.5. The van der Waals surface area contributed by atoms with Crippen molar-refractivity contribution < 1.29 is 9.84 Å². The van der Waals surface area contributed by atoms with Gasteiger partial charge in [-0.25, -0.2) is 0 Å². The minimum atomic E-state index is 0.281. The minimum Gasteiger partial charge on any atom is -0.508 e. The van der Waals surface area contributed by atoms with Crippen molar-refractivity contribution in [2.75, 3.05) is 7.11 Å². The number of rotatable bonds is 2. The summed E-state index contributed by atoms with van der Waals surface area (Å²) in [6.45, 7) is 0. The number of pyridine rings is 1. The van der Waals surface area contributed by atoms with Crippen LogP contribution < -0.4 is 4.74 Å². The lowest BCUT2D eigenvalue weighted by atomic mass is 10.0. The van der Waals surface area contributed by atoms with Crippen LogP contribution in [0.5, 0.6) is 11.5 Å². The quantitative estimate of drug-likeness (QED) is 0.756. The molecule has 3 nitrogen and oxygen atoms in total. The summed E-state index contributed by atoms with van der Waals surface area (Å²) in [7, 11) is 1.63. The van der Waals surface area contributed by atoms with E-state index in [-0.39, 0.29) is 5.75 Å². The van der Waals surface area contributed by atoms with Gasteiger partial charge < -0.3 is 9.84 Å². The summed E-state index contributed by atoms with van der Waals surface area (Å²) in [6, 6.07) is 13.4. The Kier molecular flexibility index (Phi) is 2.80. The first-order valence-corrected chi connectivity index (χ1v) is 5.98. The summed E-state index contributed by atoms with van der Waals surface area (Å²) in [5.74, 6) is 1.02. The van der Waals surface area contributed by atoms with E-state index in [4.69, 9.17) is 4.74 Å². The number of hydrogen-bond acceptors (Lipinski definition) is 3. The molecule has 0 radical (unpaired) electrons. The molecule has 0 aliphatic heterocycles. The highest BCUT2D eigenvalue weighted by atomic mass is 16.5. The Bertz CT molecular complexity index is 738. The number of methoxy groups -OCH3 is 1. The maximum Gasteiger partial charge on any atom is 0.137 e. The Morgan fingerprint density at radius 1 is 0.895 bits per heavy atom. The number of fused-ring (bicyclic) bond motifs is 1. The fourth-order valence-electron chi connectivity index (χ4n) is 2.10. The van der Waals surface area contributed by atoms with Crippen LogP contribution in [0.1, 0.15) is 0 Å². The molecule has 94 valence electrons. The number of aromatic hydroxyl groups is 1. The van der Waals surface area contributed by atoms with Crippen molar-refractivity contribution in [2.24, 2.45) is 0 Å². The maximum absolute atomic E-state index is 9.46. The van der Waals surface area contributed by atoms with Crippen molar-refractivity contribution >= 4 is 10.8 Å². The SMILES string of the molecule is COc1cncc(-c2ccc3cc(O)ccc3c2)c1. The highest BCUT2D eigenvalue weighted by molar-refractivity contribution is 5.88. The second kappa shape index (κ2) is 4.61. The molecule has 0 spiro atoms. The number of hydrogen-bond donors (Lipinski definition) is 1. The Hall–Kier alpha value is -2.55. The van der Waals surface area contributed by atoms with E-state index in [0.717, 1.165) is 27.6 Å². The fraction of sp³-hybridized carbons (Fsp3) is 0.0625. The number of ether oxygens (including phenoxy) is 1. The molecule has 0 saturated heterocycles. The van der Waals surface area contributed by atoms with Crippen molar-refractivity contribution in [1.82, 2.24) is 4.98 Å². The van der Waals surface area contributed by atoms with Crippen molar-refractivity contribution in [2.45, 2.75) is 0 Å². The lowest BCUT2D eigenvalue weighted by Gasteiger charge is -2.06. The zero-order chi connectivity index (χ0) is 13.2. The van der Waals surface area contributed by atoms with Gasteiger partial charge in [-0.15, -0.1) is 0 Å². The van der Waals surface area contributed by atoms with Crippen LogP contribution in [0.25, 0.3) is 21.9 Å². The first kappa shape index (κ1) is 11.5. The van der Waals surface area contributed by atoms with Crippen LogP contribution in [-0.4, -0.2) is 17.2 Å². The van der Waals surface area contributed by atoms with Crippen LogP contribution in [0.2, 0.25) is 0 Å². The Morgan fingerprint density at radius 2 is 1.68 bits per heavy atom. The number of phenols is 1. The van der Waals surface area contributed by atoms with Gasteiger partial charge in [-0.1, -0.05) is 18.2 Å². The van der Waals surface area contributed by atoms with E-state index < -0.39 is 0 Å². The minimum absolute atomic E-state index is 0.281. The van der Waals surface area contributed by atoms with Crippen molar-refractivity contribution in [3.63, 3.8) is 0 Å². The molecule has 2 aromatic carbocycles. The van der Waals surface area contributed by atoms with Gasteiger partial charge in [0.05, 0.1) is 13.3 Å². The van der Waals surface area contributed by atoms with E-state index in [9.17, 15) is 5.11 Å². The molecule has 0 saturated carbocycles. The summed E-state index contributed by atoms with van der Waals surface area (Å²) in [5.41, 5.74) is 2.08. The summed E-state index contributed by atoms with van der Waals surface area (Å²) < 4.78 is 5.18. The number of aromatic nitrogens is 1. The molecule has 0 unspecified atom stereocenters. The molecular weight excluding hydrogens is 238 g/mol. The van der Waals surface area contributed by atoms with Crippen LogP contribution in [0.3, 0.4) is 0 Å². The third-order valence-electron chi connectivity index (χ3n) is 3.11. The molecular formula is C16H13NO2. The largest absolute Gasteiger partial charge is 0.508 e. The number of phenolic OH excluding ortho intramolecular Hbond substituents is 1. The number of nitrogens with zero attached hydrogens (tertiary/aromatic N) is 1. The molecule has 1 aromatic heterocycles. The van der Waals surface area contributed by atoms with Crippen LogP contribution in [-0.2, 0) is 0 Å². The van der Waals surface area contributed by atoms with Gasteiger partial charge >= 0.3 is 0 Å². The lowest BCUT2D eigenvalue weighted by molar-refractivity contribution is 0.413. The van der Waals surface area contributed by atoms with Crippen LogP contribution in [0.15, 0.2) is 54.9 Å². The topological polar surface area (TPSA) is 42.4 Å². The molecule has 1 N–H and O–H groups in total. The van der Waals surface area contributed by atoms with E-state index in [1.54, 1.807) is 25.4 Å². The molecule has 3 rings (SSSR count). The van der Waals surface area contributed by atoms with Gasteiger partial charge in [0, 0.05) is 11.8 Å². The molecule has 0 aliphatic carbocycles. The van der Waals surface area contributed by atoms with E-state index in [1.165, 1.54) is 0 Å². The summed E-state index contributed by atoms with van der Waals surface area (Å²) >= 11 is 0. The monoisotopic (exact) mass is 251 g/mol. The van der Waals surface area contributed by atoms with Crippen LogP contribution in [0.4, 0.5) is 0 Å². The zero-order valence-corrected chi connectivity index (χ0v) is 10.5. The third kappa shape index (κ3) is 2.22. The predicted molar refractivity (Wildman–Crippen MR) is 75.4 cm³/mol. The molecule has 0 atom stereocenters. The van der Waals surface area contributed by atoms with E-state index in [2.05, 4.69) is 11.1 Å². The molecule has 0 aliphatic rings. The van der Waals surface area contributed by atoms with Gasteiger partial charge in [-0.05, 0) is 40.6 Å². The van der Waals surface area contributed by atoms with Gasteiger partial charge in [-0.2, -0.15) is 0 Å². The summed E-state index contributed by atoms with van der Waals surface area (Å²) in [5, 5.41) is 11.6. The first-order chi connectivity index (χ1) is 9.26. The average molecular weight is 251 g/mol. The van der Waals surface area contributed by atoms with Crippen molar-refractivity contribution in [1.29, 1.82) is 0 Å². The van der Waals surface area contributed by atoms with E-state index in [1.807, 2.05) is 30.5 Å². The van der Waals surface area contributed by atoms with Gasteiger partial charge in [0.1, 0.15) is 11.5 Å². The molecule has 0 bridgehead atoms. The van der Waals surface area contributed by atoms with Crippen molar-refractivity contribution in [3.8, 4) is 22.6 Å². The normalized spacial score (nSPS) is 10.6. The highest BCUT2D eigenvalue weighted by Crippen LogP contribution is 2.27. The molecule has 3 aromatic rings. The van der Waals surface area contributed by atoms with Crippen molar-refractivity contribution in [3.05, 3.63) is 54.9 Å².